The minimum absolute atomic E-state index is 0.00621. The minimum Gasteiger partial charge on any atom is -0.463 e. The van der Waals surface area contributed by atoms with E-state index in [1.807, 2.05) is 6.07 Å². The van der Waals surface area contributed by atoms with E-state index in [2.05, 4.69) is 0 Å². The van der Waals surface area contributed by atoms with Crippen molar-refractivity contribution in [1.29, 1.82) is 5.26 Å². The quantitative estimate of drug-likeness (QED) is 0.429. The number of esters is 4. The number of thioether (sulfide) groups is 1. The number of nitriles is 1. The fourth-order valence-electron chi connectivity index (χ4n) is 2.44. The molecule has 0 radical (unpaired) electrons. The number of carbonyl (C=O) groups is 4. The SMILES string of the molecule is CC(=O)OC[C@H]1O[C@@H](SCC#N)[C@@H](OC(C)=O)[C@@H](OC(C)=O)[C@@H]1OC(C)=O. The molecule has 0 bridgehead atoms. The monoisotopic (exact) mass is 403 g/mol. The second kappa shape index (κ2) is 10.7. The zero-order valence-corrected chi connectivity index (χ0v) is 16.1. The largest absolute Gasteiger partial charge is 0.463 e. The molecule has 0 aliphatic carbocycles. The molecule has 0 saturated carbocycles. The first kappa shape index (κ1) is 22.7. The highest BCUT2D eigenvalue weighted by molar-refractivity contribution is 8.00. The van der Waals surface area contributed by atoms with Gasteiger partial charge in [-0.3, -0.25) is 19.2 Å². The smallest absolute Gasteiger partial charge is 0.303 e. The number of carbonyl (C=O) groups excluding carboxylic acids is 4. The average molecular weight is 403 g/mol. The van der Waals surface area contributed by atoms with Crippen molar-refractivity contribution in [3.63, 3.8) is 0 Å². The van der Waals surface area contributed by atoms with E-state index in [4.69, 9.17) is 28.9 Å². The van der Waals surface area contributed by atoms with Crippen LogP contribution in [0.15, 0.2) is 0 Å². The fourth-order valence-corrected chi connectivity index (χ4v) is 3.30. The van der Waals surface area contributed by atoms with Gasteiger partial charge in [-0.1, -0.05) is 0 Å². The van der Waals surface area contributed by atoms with Gasteiger partial charge >= 0.3 is 23.9 Å². The van der Waals surface area contributed by atoms with Crippen LogP contribution >= 0.6 is 11.8 Å². The van der Waals surface area contributed by atoms with E-state index in [1.54, 1.807) is 0 Å². The summed E-state index contributed by atoms with van der Waals surface area (Å²) in [7, 11) is 0. The molecule has 11 heteroatoms. The molecule has 0 spiro atoms. The molecule has 0 amide bonds. The highest BCUT2D eigenvalue weighted by atomic mass is 32.2. The highest BCUT2D eigenvalue weighted by Gasteiger charge is 2.52. The Morgan fingerprint density at radius 1 is 0.889 bits per heavy atom. The molecular formula is C16H21NO9S. The van der Waals surface area contributed by atoms with Crippen LogP contribution in [-0.4, -0.2) is 66.1 Å². The van der Waals surface area contributed by atoms with Crippen molar-refractivity contribution in [3.05, 3.63) is 0 Å². The maximum Gasteiger partial charge on any atom is 0.303 e. The van der Waals surface area contributed by atoms with Gasteiger partial charge < -0.3 is 23.7 Å². The predicted molar refractivity (Wildman–Crippen MR) is 90.0 cm³/mol. The summed E-state index contributed by atoms with van der Waals surface area (Å²) in [4.78, 5) is 45.8. The third-order valence-electron chi connectivity index (χ3n) is 3.26. The highest BCUT2D eigenvalue weighted by Crippen LogP contribution is 2.34. The Morgan fingerprint density at radius 3 is 1.89 bits per heavy atom. The molecular weight excluding hydrogens is 382 g/mol. The van der Waals surface area contributed by atoms with Gasteiger partial charge in [-0.2, -0.15) is 5.26 Å². The third-order valence-corrected chi connectivity index (χ3v) is 4.26. The first-order valence-electron chi connectivity index (χ1n) is 7.94. The summed E-state index contributed by atoms with van der Waals surface area (Å²) >= 11 is 1.00. The molecule has 0 N–H and O–H groups in total. The van der Waals surface area contributed by atoms with Crippen LogP contribution in [0.4, 0.5) is 0 Å². The van der Waals surface area contributed by atoms with Gasteiger partial charge in [-0.15, -0.1) is 11.8 Å². The lowest BCUT2D eigenvalue weighted by Crippen LogP contribution is -2.61. The Morgan fingerprint density at radius 2 is 1.41 bits per heavy atom. The molecule has 1 aliphatic heterocycles. The lowest BCUT2D eigenvalue weighted by atomic mass is 9.99. The van der Waals surface area contributed by atoms with Gasteiger partial charge in [0.15, 0.2) is 18.3 Å². The number of hydrogen-bond acceptors (Lipinski definition) is 11. The Bertz CT molecular complexity index is 618. The first-order valence-corrected chi connectivity index (χ1v) is 8.99. The fraction of sp³-hybridized carbons (Fsp3) is 0.688. The van der Waals surface area contributed by atoms with Gasteiger partial charge in [0.25, 0.3) is 0 Å². The Balaban J connectivity index is 3.25. The van der Waals surface area contributed by atoms with Gasteiger partial charge in [-0.05, 0) is 0 Å². The topological polar surface area (TPSA) is 138 Å². The number of hydrogen-bond donors (Lipinski definition) is 0. The summed E-state index contributed by atoms with van der Waals surface area (Å²) in [5.74, 6) is -2.67. The predicted octanol–water partition coefficient (Wildman–Crippen LogP) is 0.326. The van der Waals surface area contributed by atoms with E-state index >= 15 is 0 Å². The standard InChI is InChI=1S/C16H21NO9S/c1-8(18)22-7-12-13(23-9(2)19)14(24-10(3)20)15(25-11(4)21)16(26-12)27-6-5-17/h12-16H,6-7H2,1-4H3/t12-,13-,14+,15+,16+/m1/s1. The second-order valence-corrected chi connectivity index (χ2v) is 6.62. The normalized spacial score (nSPS) is 27.0. The van der Waals surface area contributed by atoms with E-state index in [-0.39, 0.29) is 12.4 Å². The van der Waals surface area contributed by atoms with E-state index in [0.717, 1.165) is 32.5 Å². The first-order chi connectivity index (χ1) is 12.6. The Kier molecular flexibility index (Phi) is 9.04. The molecule has 150 valence electrons. The van der Waals surface area contributed by atoms with Gasteiger partial charge in [0, 0.05) is 27.7 Å². The molecule has 0 aromatic carbocycles. The molecule has 1 rings (SSSR count). The van der Waals surface area contributed by atoms with Crippen molar-refractivity contribution in [2.75, 3.05) is 12.4 Å². The van der Waals surface area contributed by atoms with Gasteiger partial charge in [-0.25, -0.2) is 0 Å². The van der Waals surface area contributed by atoms with Crippen molar-refractivity contribution in [1.82, 2.24) is 0 Å². The molecule has 27 heavy (non-hydrogen) atoms. The van der Waals surface area contributed by atoms with Crippen molar-refractivity contribution in [2.45, 2.75) is 57.5 Å². The summed E-state index contributed by atoms with van der Waals surface area (Å²) < 4.78 is 26.4. The van der Waals surface area contributed by atoms with Crippen molar-refractivity contribution in [3.8, 4) is 6.07 Å². The molecule has 5 atom stereocenters. The summed E-state index contributed by atoms with van der Waals surface area (Å²) in [6, 6.07) is 1.92. The minimum atomic E-state index is -1.21. The molecule has 0 aromatic heterocycles. The van der Waals surface area contributed by atoms with Crippen molar-refractivity contribution >= 4 is 35.6 Å². The van der Waals surface area contributed by atoms with E-state index < -0.39 is 53.7 Å². The number of rotatable bonds is 7. The van der Waals surface area contributed by atoms with Crippen LogP contribution in [0.25, 0.3) is 0 Å². The van der Waals surface area contributed by atoms with Crippen LogP contribution in [0.2, 0.25) is 0 Å². The van der Waals surface area contributed by atoms with Gasteiger partial charge in [0.1, 0.15) is 18.1 Å². The van der Waals surface area contributed by atoms with Crippen LogP contribution in [0.5, 0.6) is 0 Å². The Labute approximate surface area is 160 Å². The molecule has 1 aliphatic rings. The molecule has 1 fully saturated rings. The van der Waals surface area contributed by atoms with Gasteiger partial charge in [0.05, 0.1) is 11.8 Å². The number of ether oxygens (including phenoxy) is 5. The summed E-state index contributed by atoms with van der Waals surface area (Å²) in [5.41, 5.74) is -0.912. The van der Waals surface area contributed by atoms with Gasteiger partial charge in [0.2, 0.25) is 0 Å². The van der Waals surface area contributed by atoms with Crippen LogP contribution < -0.4 is 0 Å². The molecule has 1 heterocycles. The van der Waals surface area contributed by atoms with Crippen LogP contribution in [0.1, 0.15) is 27.7 Å². The molecule has 1 saturated heterocycles. The second-order valence-electron chi connectivity index (χ2n) is 5.54. The van der Waals surface area contributed by atoms with Crippen molar-refractivity contribution in [2.24, 2.45) is 0 Å². The zero-order chi connectivity index (χ0) is 20.6. The molecule has 10 nitrogen and oxygen atoms in total. The summed E-state index contributed by atoms with van der Waals surface area (Å²) in [6.45, 7) is 4.34. The summed E-state index contributed by atoms with van der Waals surface area (Å²) in [5, 5.41) is 8.83. The Hall–Kier alpha value is -2.32. The van der Waals surface area contributed by atoms with E-state index in [1.165, 1.54) is 6.92 Å². The maximum atomic E-state index is 11.6. The third kappa shape index (κ3) is 7.44. The lowest BCUT2D eigenvalue weighted by molar-refractivity contribution is -0.237. The van der Waals surface area contributed by atoms with Crippen molar-refractivity contribution < 1.29 is 42.9 Å². The summed E-state index contributed by atoms with van der Waals surface area (Å²) in [6.07, 6.45) is -4.53. The zero-order valence-electron chi connectivity index (χ0n) is 15.3. The van der Waals surface area contributed by atoms with E-state index in [9.17, 15) is 19.2 Å². The van der Waals surface area contributed by atoms with Crippen LogP contribution in [0.3, 0.4) is 0 Å². The van der Waals surface area contributed by atoms with E-state index in [0.29, 0.717) is 0 Å². The maximum absolute atomic E-state index is 11.6. The molecule has 0 aromatic rings. The average Bonchev–Trinajstić information content (AvgIpc) is 2.54. The lowest BCUT2D eigenvalue weighted by Gasteiger charge is -2.44. The van der Waals surface area contributed by atoms with Crippen LogP contribution in [0, 0.1) is 11.3 Å². The molecule has 0 unspecified atom stereocenters. The van der Waals surface area contributed by atoms with Crippen LogP contribution in [-0.2, 0) is 42.9 Å². The number of nitrogens with zero attached hydrogens (tertiary/aromatic N) is 1.